The molecule has 2 aromatic rings. The molecule has 170 valence electrons. The quantitative estimate of drug-likeness (QED) is 0.185. The van der Waals surface area contributed by atoms with Gasteiger partial charge in [-0.05, 0) is 86.3 Å². The van der Waals surface area contributed by atoms with Gasteiger partial charge in [0.25, 0.3) is 0 Å². The van der Waals surface area contributed by atoms with Crippen LogP contribution in [0.1, 0.15) is 76.0 Å². The maximum absolute atomic E-state index is 10.9. The molecule has 0 bridgehead atoms. The minimum atomic E-state index is -0.0936. The Kier molecular flexibility index (Phi) is 8.61. The molecule has 0 fully saturated rings. The van der Waals surface area contributed by atoms with Gasteiger partial charge in [0.05, 0.1) is 8.95 Å². The van der Waals surface area contributed by atoms with E-state index in [0.29, 0.717) is 47.0 Å². The number of ether oxygens (including phenoxy) is 2. The third-order valence-electron chi connectivity index (χ3n) is 5.63. The zero-order valence-corrected chi connectivity index (χ0v) is 23.0. The molecule has 1 aliphatic rings. The van der Waals surface area contributed by atoms with Crippen molar-refractivity contribution in [2.45, 2.75) is 78.6 Å². The van der Waals surface area contributed by atoms with Crippen LogP contribution in [0.4, 0.5) is 0 Å². The number of fused-ring (bicyclic) bond motifs is 2. The fourth-order valence-electron chi connectivity index (χ4n) is 3.81. The molecule has 1 heterocycles. The molecule has 0 spiro atoms. The van der Waals surface area contributed by atoms with Crippen LogP contribution in [-0.2, 0) is 19.3 Å². The number of phenolic OH excluding ortho intramolecular Hbond substituents is 2. The van der Waals surface area contributed by atoms with Crippen molar-refractivity contribution in [2.24, 2.45) is 0 Å². The molecule has 0 radical (unpaired) electrons. The first-order valence-electron chi connectivity index (χ1n) is 11.0. The number of rotatable bonds is 9. The van der Waals surface area contributed by atoms with Crippen molar-refractivity contribution in [2.75, 3.05) is 0 Å². The Balaban J connectivity index is 2.24. The first-order chi connectivity index (χ1) is 14.9. The van der Waals surface area contributed by atoms with Crippen LogP contribution in [0.2, 0.25) is 0 Å². The second-order valence-electron chi connectivity index (χ2n) is 7.91. The largest absolute Gasteiger partial charge is 0.504 e. The zero-order chi connectivity index (χ0) is 22.7. The molecule has 0 saturated heterocycles. The number of hydrogen-bond donors (Lipinski definition) is 2. The Hall–Kier alpha value is -0.920. The molecule has 31 heavy (non-hydrogen) atoms. The third-order valence-corrected chi connectivity index (χ3v) is 9.12. The van der Waals surface area contributed by atoms with E-state index in [4.69, 9.17) is 9.47 Å². The molecular formula is C24H29Br3O4. The SMILES string of the molecule is CCCCc1c(Br)c(Br)c(Br)c2c1Oc1c(CCCC)c(O)c(O)c(CCCC)c1O2. The molecule has 2 aromatic carbocycles. The van der Waals surface area contributed by atoms with Gasteiger partial charge in [-0.1, -0.05) is 40.0 Å². The molecule has 4 nitrogen and oxygen atoms in total. The molecule has 0 amide bonds. The van der Waals surface area contributed by atoms with Crippen molar-refractivity contribution < 1.29 is 19.7 Å². The van der Waals surface area contributed by atoms with E-state index in [1.165, 1.54) is 0 Å². The van der Waals surface area contributed by atoms with Gasteiger partial charge in [-0.15, -0.1) is 0 Å². The van der Waals surface area contributed by atoms with Crippen molar-refractivity contribution in [3.63, 3.8) is 0 Å². The number of phenols is 2. The minimum Gasteiger partial charge on any atom is -0.504 e. The summed E-state index contributed by atoms with van der Waals surface area (Å²) in [5.74, 6) is 2.12. The molecule has 0 aliphatic carbocycles. The Labute approximate surface area is 209 Å². The van der Waals surface area contributed by atoms with Gasteiger partial charge in [0.15, 0.2) is 34.5 Å². The summed E-state index contributed by atoms with van der Waals surface area (Å²) in [6, 6.07) is 0. The maximum Gasteiger partial charge on any atom is 0.185 e. The lowest BCUT2D eigenvalue weighted by Gasteiger charge is -2.29. The van der Waals surface area contributed by atoms with Crippen molar-refractivity contribution in [3.8, 4) is 34.5 Å². The Morgan fingerprint density at radius 2 is 0.935 bits per heavy atom. The van der Waals surface area contributed by atoms with Gasteiger partial charge in [-0.2, -0.15) is 0 Å². The highest BCUT2D eigenvalue weighted by molar-refractivity contribution is 9.14. The van der Waals surface area contributed by atoms with Crippen molar-refractivity contribution >= 4 is 47.8 Å². The summed E-state index contributed by atoms with van der Waals surface area (Å²) in [7, 11) is 0. The molecule has 7 heteroatoms. The summed E-state index contributed by atoms with van der Waals surface area (Å²) in [5, 5.41) is 21.7. The second kappa shape index (κ2) is 10.8. The normalized spacial score (nSPS) is 12.2. The zero-order valence-electron chi connectivity index (χ0n) is 18.2. The van der Waals surface area contributed by atoms with Gasteiger partial charge in [0, 0.05) is 21.2 Å². The van der Waals surface area contributed by atoms with E-state index in [9.17, 15) is 10.2 Å². The molecule has 3 rings (SSSR count). The molecule has 0 aromatic heterocycles. The molecule has 2 N–H and O–H groups in total. The summed E-state index contributed by atoms with van der Waals surface area (Å²) in [4.78, 5) is 0. The summed E-state index contributed by atoms with van der Waals surface area (Å²) in [6.45, 7) is 6.35. The predicted molar refractivity (Wildman–Crippen MR) is 135 cm³/mol. The van der Waals surface area contributed by atoms with Crippen LogP contribution in [0.25, 0.3) is 0 Å². The summed E-state index contributed by atoms with van der Waals surface area (Å²) in [6.07, 6.45) is 7.79. The summed E-state index contributed by atoms with van der Waals surface area (Å²) in [5.41, 5.74) is 2.24. The highest BCUT2D eigenvalue weighted by Crippen LogP contribution is 2.60. The second-order valence-corrected chi connectivity index (χ2v) is 10.3. The lowest BCUT2D eigenvalue weighted by atomic mass is 9.97. The molecule has 0 unspecified atom stereocenters. The first kappa shape index (κ1) is 24.7. The van der Waals surface area contributed by atoms with E-state index in [-0.39, 0.29) is 11.5 Å². The minimum absolute atomic E-state index is 0.0873. The maximum atomic E-state index is 10.9. The van der Waals surface area contributed by atoms with Gasteiger partial charge >= 0.3 is 0 Å². The van der Waals surface area contributed by atoms with Gasteiger partial charge in [0.2, 0.25) is 0 Å². The molecule has 0 atom stereocenters. The molecule has 1 aliphatic heterocycles. The van der Waals surface area contributed by atoms with Crippen LogP contribution >= 0.6 is 47.8 Å². The fraction of sp³-hybridized carbons (Fsp3) is 0.500. The monoisotopic (exact) mass is 618 g/mol. The number of benzene rings is 2. The van der Waals surface area contributed by atoms with Crippen LogP contribution in [0.15, 0.2) is 13.4 Å². The average molecular weight is 621 g/mol. The van der Waals surface area contributed by atoms with Crippen LogP contribution < -0.4 is 9.47 Å². The summed E-state index contributed by atoms with van der Waals surface area (Å²) < 4.78 is 15.5. The summed E-state index contributed by atoms with van der Waals surface area (Å²) >= 11 is 11.0. The third kappa shape index (κ3) is 4.74. The smallest absolute Gasteiger partial charge is 0.185 e. The lowest BCUT2D eigenvalue weighted by molar-refractivity contribution is 0.330. The van der Waals surface area contributed by atoms with E-state index in [2.05, 4.69) is 68.6 Å². The predicted octanol–water partition coefficient (Wildman–Crippen LogP) is 9.31. The standard InChI is InChI=1S/C24H29Br3O4/c1-4-7-10-13-16(25)17(26)18(27)24-21(13)30-22-14(11-8-5-2)19(28)20(29)15(12-9-6-3)23(22)31-24/h28-29H,4-12H2,1-3H3. The van der Waals surface area contributed by atoms with E-state index in [1.807, 2.05) is 0 Å². The number of hydrogen-bond acceptors (Lipinski definition) is 4. The van der Waals surface area contributed by atoms with Crippen LogP contribution in [0.3, 0.4) is 0 Å². The Morgan fingerprint density at radius 3 is 1.39 bits per heavy atom. The topological polar surface area (TPSA) is 58.9 Å². The fourth-order valence-corrected chi connectivity index (χ4v) is 5.53. The average Bonchev–Trinajstić information content (AvgIpc) is 2.77. The van der Waals surface area contributed by atoms with Gasteiger partial charge < -0.3 is 19.7 Å². The lowest BCUT2D eigenvalue weighted by Crippen LogP contribution is -2.09. The van der Waals surface area contributed by atoms with E-state index >= 15 is 0 Å². The highest BCUT2D eigenvalue weighted by atomic mass is 79.9. The van der Waals surface area contributed by atoms with Crippen molar-refractivity contribution in [1.29, 1.82) is 0 Å². The van der Waals surface area contributed by atoms with Crippen molar-refractivity contribution in [3.05, 3.63) is 30.1 Å². The van der Waals surface area contributed by atoms with E-state index in [0.717, 1.165) is 63.9 Å². The number of halogens is 3. The Morgan fingerprint density at radius 1 is 0.548 bits per heavy atom. The molecule has 0 saturated carbocycles. The van der Waals surface area contributed by atoms with Gasteiger partial charge in [-0.25, -0.2) is 0 Å². The van der Waals surface area contributed by atoms with Crippen LogP contribution in [-0.4, -0.2) is 10.2 Å². The van der Waals surface area contributed by atoms with Crippen molar-refractivity contribution in [1.82, 2.24) is 0 Å². The van der Waals surface area contributed by atoms with Gasteiger partial charge in [-0.3, -0.25) is 0 Å². The first-order valence-corrected chi connectivity index (χ1v) is 13.4. The highest BCUT2D eigenvalue weighted by Gasteiger charge is 2.34. The number of unbranched alkanes of at least 4 members (excludes halogenated alkanes) is 3. The van der Waals surface area contributed by atoms with Gasteiger partial charge in [0.1, 0.15) is 0 Å². The van der Waals surface area contributed by atoms with E-state index < -0.39 is 0 Å². The molecular weight excluding hydrogens is 592 g/mol. The Bertz CT molecular complexity index is 973. The number of aromatic hydroxyl groups is 2. The van der Waals surface area contributed by atoms with E-state index in [1.54, 1.807) is 0 Å². The van der Waals surface area contributed by atoms with Crippen LogP contribution in [0.5, 0.6) is 34.5 Å². The van der Waals surface area contributed by atoms with Crippen LogP contribution in [0, 0.1) is 0 Å².